The molecule has 3 aromatic rings. The van der Waals surface area contributed by atoms with E-state index in [2.05, 4.69) is 40.1 Å². The van der Waals surface area contributed by atoms with E-state index in [1.165, 1.54) is 5.01 Å². The second-order valence-electron chi connectivity index (χ2n) is 8.38. The first-order chi connectivity index (χ1) is 17.0. The first-order valence-corrected chi connectivity index (χ1v) is 11.5. The minimum Gasteiger partial charge on any atom is -0.462 e. The zero-order chi connectivity index (χ0) is 24.4. The van der Waals surface area contributed by atoms with Crippen molar-refractivity contribution < 1.29 is 19.1 Å². The Hall–Kier alpha value is -4.24. The molecule has 9 nitrogen and oxygen atoms in total. The zero-order valence-corrected chi connectivity index (χ0v) is 19.2. The van der Waals surface area contributed by atoms with Crippen LogP contribution in [0.1, 0.15) is 35.3 Å². The van der Waals surface area contributed by atoms with Gasteiger partial charge in [-0.3, -0.25) is 14.6 Å². The van der Waals surface area contributed by atoms with Gasteiger partial charge >= 0.3 is 5.97 Å². The highest BCUT2D eigenvalue weighted by molar-refractivity contribution is 5.97. The number of hydrazine groups is 1. The topological polar surface area (TPSA) is 103 Å². The number of hydrogen-bond acceptors (Lipinski definition) is 7. The Bertz CT molecular complexity index is 1300. The van der Waals surface area contributed by atoms with E-state index in [0.717, 1.165) is 16.3 Å². The van der Waals surface area contributed by atoms with Crippen molar-refractivity contribution in [2.45, 2.75) is 25.4 Å². The zero-order valence-electron chi connectivity index (χ0n) is 19.2. The molecule has 2 aliphatic heterocycles. The van der Waals surface area contributed by atoms with Crippen molar-refractivity contribution in [1.82, 2.24) is 15.4 Å². The third kappa shape index (κ3) is 4.58. The molecular formula is C26H25N5O4. The molecule has 0 bridgehead atoms. The van der Waals surface area contributed by atoms with Gasteiger partial charge in [0.2, 0.25) is 5.91 Å². The Morgan fingerprint density at radius 3 is 2.66 bits per heavy atom. The van der Waals surface area contributed by atoms with E-state index in [1.807, 2.05) is 18.2 Å². The summed E-state index contributed by atoms with van der Waals surface area (Å²) in [5.74, 6) is -1.05. The number of rotatable bonds is 6. The number of amides is 2. The fourth-order valence-corrected chi connectivity index (χ4v) is 4.45. The van der Waals surface area contributed by atoms with Gasteiger partial charge in [0.1, 0.15) is 18.9 Å². The maximum Gasteiger partial charge on any atom is 0.338 e. The molecule has 35 heavy (non-hydrogen) atoms. The molecule has 5 rings (SSSR count). The molecule has 0 saturated carbocycles. The molecule has 0 spiro atoms. The first kappa shape index (κ1) is 22.5. The molecule has 0 aliphatic carbocycles. The normalized spacial score (nSPS) is 19.1. The minimum atomic E-state index is -0.451. The number of anilines is 1. The number of nitrogens with one attached hydrogen (secondary N) is 2. The van der Waals surface area contributed by atoms with Crippen molar-refractivity contribution in [2.24, 2.45) is 5.10 Å². The standard InChI is InChI=1S/C26H25N5O4/c1-2-35-26(34)18-10-12-19(13-11-18)28-24(32)15-30-25(33)23-14-22(29-31(23)16-27-30)21-9-5-7-17-6-3-4-8-20(17)21/h3-13,16,22-23,29H,2,14-15H2,1H3,(H,28,32). The number of ether oxygens (including phenoxy) is 1. The second-order valence-corrected chi connectivity index (χ2v) is 8.38. The maximum absolute atomic E-state index is 13.1. The average molecular weight is 472 g/mol. The molecule has 2 atom stereocenters. The lowest BCUT2D eigenvalue weighted by molar-refractivity contribution is -0.139. The molecule has 1 saturated heterocycles. The van der Waals surface area contributed by atoms with Crippen molar-refractivity contribution in [3.8, 4) is 0 Å². The van der Waals surface area contributed by atoms with Crippen molar-refractivity contribution in [3.05, 3.63) is 77.9 Å². The Morgan fingerprint density at radius 2 is 1.86 bits per heavy atom. The van der Waals surface area contributed by atoms with E-state index in [-0.39, 0.29) is 24.4 Å². The first-order valence-electron chi connectivity index (χ1n) is 11.5. The number of benzene rings is 3. The van der Waals surface area contributed by atoms with Crippen molar-refractivity contribution in [2.75, 3.05) is 18.5 Å². The highest BCUT2D eigenvalue weighted by atomic mass is 16.5. The van der Waals surface area contributed by atoms with Crippen LogP contribution < -0.4 is 10.7 Å². The van der Waals surface area contributed by atoms with Gasteiger partial charge < -0.3 is 10.1 Å². The monoisotopic (exact) mass is 471 g/mol. The lowest BCUT2D eigenvalue weighted by Crippen LogP contribution is -2.52. The van der Waals surface area contributed by atoms with E-state index < -0.39 is 12.0 Å². The fraction of sp³-hybridized carbons (Fsp3) is 0.231. The molecule has 2 aliphatic rings. The quantitative estimate of drug-likeness (QED) is 0.536. The average Bonchev–Trinajstić information content (AvgIpc) is 3.31. The second kappa shape index (κ2) is 9.55. The summed E-state index contributed by atoms with van der Waals surface area (Å²) < 4.78 is 4.96. The van der Waals surface area contributed by atoms with Crippen LogP contribution in [-0.4, -0.2) is 53.3 Å². The van der Waals surface area contributed by atoms with Gasteiger partial charge in [-0.1, -0.05) is 42.5 Å². The minimum absolute atomic E-state index is 0.0480. The molecule has 2 amide bonds. The van der Waals surface area contributed by atoms with Crippen LogP contribution in [0.15, 0.2) is 71.8 Å². The molecule has 9 heteroatoms. The van der Waals surface area contributed by atoms with Crippen LogP contribution in [0.2, 0.25) is 0 Å². The summed E-state index contributed by atoms with van der Waals surface area (Å²) in [6.07, 6.45) is 2.12. The van der Waals surface area contributed by atoms with Gasteiger partial charge in [0.05, 0.1) is 18.2 Å². The van der Waals surface area contributed by atoms with Gasteiger partial charge in [-0.2, -0.15) is 5.10 Å². The molecule has 0 radical (unpaired) electrons. The Morgan fingerprint density at radius 1 is 1.09 bits per heavy atom. The van der Waals surface area contributed by atoms with Crippen molar-refractivity contribution in [1.29, 1.82) is 0 Å². The number of hydrogen-bond donors (Lipinski definition) is 2. The summed E-state index contributed by atoms with van der Waals surface area (Å²) in [4.78, 5) is 37.5. The smallest absolute Gasteiger partial charge is 0.338 e. The van der Waals surface area contributed by atoms with Crippen LogP contribution in [0.4, 0.5) is 5.69 Å². The number of carbonyl (C=O) groups is 3. The molecular weight excluding hydrogens is 446 g/mol. The van der Waals surface area contributed by atoms with Crippen molar-refractivity contribution in [3.63, 3.8) is 0 Å². The van der Waals surface area contributed by atoms with E-state index in [0.29, 0.717) is 24.3 Å². The van der Waals surface area contributed by atoms with Crippen LogP contribution >= 0.6 is 0 Å². The SMILES string of the molecule is CCOC(=O)c1ccc(NC(=O)CN2N=CN3NC(c4cccc5ccccc45)CC3C2=O)cc1. The summed E-state index contributed by atoms with van der Waals surface area (Å²) in [5, 5.41) is 12.1. The number of fused-ring (bicyclic) bond motifs is 2. The summed E-state index contributed by atoms with van der Waals surface area (Å²) >= 11 is 0. The fourth-order valence-electron chi connectivity index (χ4n) is 4.45. The van der Waals surface area contributed by atoms with E-state index in [4.69, 9.17) is 4.74 Å². The van der Waals surface area contributed by atoms with Gasteiger partial charge in [0.15, 0.2) is 0 Å². The summed E-state index contributed by atoms with van der Waals surface area (Å²) in [6.45, 7) is 1.82. The summed E-state index contributed by atoms with van der Waals surface area (Å²) in [6, 6.07) is 20.2. The summed E-state index contributed by atoms with van der Waals surface area (Å²) in [7, 11) is 0. The molecule has 0 aromatic heterocycles. The van der Waals surface area contributed by atoms with Crippen molar-refractivity contribution >= 4 is 40.6 Å². The number of carbonyl (C=O) groups excluding carboxylic acids is 3. The molecule has 178 valence electrons. The Labute approximate surface area is 202 Å². The maximum atomic E-state index is 13.1. The van der Waals surface area contributed by atoms with E-state index in [1.54, 1.807) is 42.5 Å². The molecule has 2 unspecified atom stereocenters. The van der Waals surface area contributed by atoms with Crippen LogP contribution in [0.3, 0.4) is 0 Å². The third-order valence-electron chi connectivity index (χ3n) is 6.13. The Balaban J connectivity index is 1.22. The molecule has 1 fully saturated rings. The van der Waals surface area contributed by atoms with Gasteiger partial charge in [0.25, 0.3) is 5.91 Å². The van der Waals surface area contributed by atoms with Crippen LogP contribution in [0.25, 0.3) is 10.8 Å². The Kier molecular flexibility index (Phi) is 6.15. The largest absolute Gasteiger partial charge is 0.462 e. The van der Waals surface area contributed by atoms with Gasteiger partial charge in [-0.25, -0.2) is 15.2 Å². The lowest BCUT2D eigenvalue weighted by Gasteiger charge is -2.29. The number of hydrazone groups is 1. The number of esters is 1. The molecule has 2 N–H and O–H groups in total. The van der Waals surface area contributed by atoms with Crippen LogP contribution in [-0.2, 0) is 14.3 Å². The van der Waals surface area contributed by atoms with Gasteiger partial charge in [-0.05, 0) is 53.9 Å². The van der Waals surface area contributed by atoms with Gasteiger partial charge in [-0.15, -0.1) is 0 Å². The summed E-state index contributed by atoms with van der Waals surface area (Å²) in [5.41, 5.74) is 5.40. The highest BCUT2D eigenvalue weighted by Crippen LogP contribution is 2.33. The number of nitrogens with zero attached hydrogens (tertiary/aromatic N) is 3. The highest BCUT2D eigenvalue weighted by Gasteiger charge is 2.41. The van der Waals surface area contributed by atoms with E-state index in [9.17, 15) is 14.4 Å². The molecule has 3 aromatic carbocycles. The third-order valence-corrected chi connectivity index (χ3v) is 6.13. The van der Waals surface area contributed by atoms with Crippen LogP contribution in [0, 0.1) is 0 Å². The van der Waals surface area contributed by atoms with E-state index >= 15 is 0 Å². The van der Waals surface area contributed by atoms with Crippen LogP contribution in [0.5, 0.6) is 0 Å². The molecule has 2 heterocycles. The lowest BCUT2D eigenvalue weighted by atomic mass is 9.96. The predicted molar refractivity (Wildman–Crippen MR) is 131 cm³/mol. The van der Waals surface area contributed by atoms with Gasteiger partial charge in [0, 0.05) is 5.69 Å². The predicted octanol–water partition coefficient (Wildman–Crippen LogP) is 3.06.